The van der Waals surface area contributed by atoms with Crippen molar-refractivity contribution in [3.63, 3.8) is 0 Å². The molecule has 0 spiro atoms. The monoisotopic (exact) mass is 338 g/mol. The number of hydrogen-bond acceptors (Lipinski definition) is 4. The lowest BCUT2D eigenvalue weighted by Gasteiger charge is -2.14. The molecule has 0 saturated heterocycles. The molecule has 0 saturated carbocycles. The van der Waals surface area contributed by atoms with Crippen LogP contribution in [0.5, 0.6) is 0 Å². The van der Waals surface area contributed by atoms with Crippen molar-refractivity contribution in [1.82, 2.24) is 18.9 Å². The minimum atomic E-state index is -4.67. The quantitative estimate of drug-likeness (QED) is 0.788. The molecule has 3 aromatic heterocycles. The summed E-state index contributed by atoms with van der Waals surface area (Å²) in [5.74, 6) is 0.212. The smallest absolute Gasteiger partial charge is 0.384 e. The lowest BCUT2D eigenvalue weighted by Crippen LogP contribution is -2.29. The number of fused-ring (bicyclic) bond motifs is 1. The minimum Gasteiger partial charge on any atom is -0.384 e. The van der Waals surface area contributed by atoms with Crippen molar-refractivity contribution in [2.24, 2.45) is 0 Å². The summed E-state index contributed by atoms with van der Waals surface area (Å²) >= 11 is 0. The van der Waals surface area contributed by atoms with Gasteiger partial charge >= 0.3 is 6.18 Å². The summed E-state index contributed by atoms with van der Waals surface area (Å²) in [5.41, 5.74) is 0.730. The summed E-state index contributed by atoms with van der Waals surface area (Å²) in [6.07, 6.45) is -1.62. The molecule has 0 aliphatic heterocycles. The Hall–Kier alpha value is -2.68. The third kappa shape index (κ3) is 3.16. The van der Waals surface area contributed by atoms with Gasteiger partial charge in [0.25, 0.3) is 5.56 Å². The van der Waals surface area contributed by atoms with Gasteiger partial charge in [-0.2, -0.15) is 13.2 Å². The van der Waals surface area contributed by atoms with Crippen LogP contribution in [-0.4, -0.2) is 36.3 Å². The van der Waals surface area contributed by atoms with Crippen molar-refractivity contribution in [3.8, 4) is 11.3 Å². The topological polar surface area (TPSA) is 72.4 Å². The molecular formula is C15H13F3N4O2. The van der Waals surface area contributed by atoms with Crippen LogP contribution >= 0.6 is 0 Å². The average molecular weight is 338 g/mol. The molecule has 126 valence electrons. The fraction of sp³-hybridized carbons (Fsp3) is 0.267. The fourth-order valence-corrected chi connectivity index (χ4v) is 2.31. The van der Waals surface area contributed by atoms with Gasteiger partial charge in [0, 0.05) is 49.4 Å². The molecule has 1 atom stereocenters. The Bertz CT molecular complexity index is 902. The maximum atomic E-state index is 12.4. The molecule has 6 nitrogen and oxygen atoms in total. The highest BCUT2D eigenvalue weighted by atomic mass is 19.4. The lowest BCUT2D eigenvalue weighted by molar-refractivity contribution is -0.206. The van der Waals surface area contributed by atoms with E-state index in [1.54, 1.807) is 24.5 Å². The number of halogens is 3. The Morgan fingerprint density at radius 1 is 1.21 bits per heavy atom. The van der Waals surface area contributed by atoms with Gasteiger partial charge in [0.2, 0.25) is 5.78 Å². The molecule has 3 aromatic rings. The Morgan fingerprint density at radius 3 is 2.58 bits per heavy atom. The number of alkyl halides is 3. The van der Waals surface area contributed by atoms with Gasteiger partial charge in [-0.25, -0.2) is 4.98 Å². The zero-order valence-electron chi connectivity index (χ0n) is 12.3. The first-order valence-corrected chi connectivity index (χ1v) is 7.10. The largest absolute Gasteiger partial charge is 0.414 e. The van der Waals surface area contributed by atoms with Crippen LogP contribution in [0.1, 0.15) is 6.42 Å². The summed E-state index contributed by atoms with van der Waals surface area (Å²) in [4.78, 5) is 20.4. The predicted molar refractivity (Wildman–Crippen MR) is 79.4 cm³/mol. The molecule has 1 N–H and O–H groups in total. The van der Waals surface area contributed by atoms with E-state index in [0.29, 0.717) is 11.3 Å². The molecule has 24 heavy (non-hydrogen) atoms. The average Bonchev–Trinajstić information content (AvgIpc) is 2.96. The SMILES string of the molecule is O=c1cc(-c2ccncc2)nc2n(CC[C@@H](O)C(F)(F)F)ccn12. The van der Waals surface area contributed by atoms with Crippen molar-refractivity contribution in [1.29, 1.82) is 0 Å². The van der Waals surface area contributed by atoms with Crippen molar-refractivity contribution < 1.29 is 18.3 Å². The fourth-order valence-electron chi connectivity index (χ4n) is 2.31. The van der Waals surface area contributed by atoms with E-state index in [1.807, 2.05) is 0 Å². The summed E-state index contributed by atoms with van der Waals surface area (Å²) in [5, 5.41) is 9.11. The number of imidazole rings is 1. The molecule has 0 bridgehead atoms. The number of rotatable bonds is 4. The maximum absolute atomic E-state index is 12.4. The summed E-state index contributed by atoms with van der Waals surface area (Å²) in [6.45, 7) is -0.122. The predicted octanol–water partition coefficient (Wildman–Crippen LogP) is 1.87. The number of aromatic nitrogens is 4. The van der Waals surface area contributed by atoms with Crippen LogP contribution in [0.3, 0.4) is 0 Å². The molecule has 9 heteroatoms. The highest BCUT2D eigenvalue weighted by Crippen LogP contribution is 2.23. The van der Waals surface area contributed by atoms with Crippen molar-refractivity contribution >= 4 is 5.78 Å². The van der Waals surface area contributed by atoms with Gasteiger partial charge in [-0.05, 0) is 12.1 Å². The molecule has 3 rings (SSSR count). The number of pyridine rings is 1. The van der Waals surface area contributed by atoms with Crippen molar-refractivity contribution in [2.45, 2.75) is 25.2 Å². The van der Waals surface area contributed by atoms with Crippen molar-refractivity contribution in [2.75, 3.05) is 0 Å². The standard InChI is InChI=1S/C15H13F3N4O2/c16-15(17,18)12(23)3-6-21-7-8-22-13(24)9-11(20-14(21)22)10-1-4-19-5-2-10/h1-2,4-5,7-9,12,23H,3,6H2/t12-/m1/s1. The van der Waals surface area contributed by atoms with Crippen LogP contribution in [0.4, 0.5) is 13.2 Å². The van der Waals surface area contributed by atoms with E-state index in [-0.39, 0.29) is 17.9 Å². The number of aryl methyl sites for hydroxylation is 1. The molecule has 0 aliphatic carbocycles. The van der Waals surface area contributed by atoms with E-state index >= 15 is 0 Å². The molecule has 0 fully saturated rings. The van der Waals surface area contributed by atoms with E-state index in [9.17, 15) is 18.0 Å². The van der Waals surface area contributed by atoms with Gasteiger partial charge in [0.1, 0.15) is 0 Å². The molecule has 0 aromatic carbocycles. The van der Waals surface area contributed by atoms with E-state index in [1.165, 1.54) is 27.4 Å². The van der Waals surface area contributed by atoms with E-state index in [0.717, 1.165) is 0 Å². The molecule has 0 radical (unpaired) electrons. The minimum absolute atomic E-state index is 0.122. The van der Waals surface area contributed by atoms with Gasteiger partial charge in [-0.15, -0.1) is 0 Å². The van der Waals surface area contributed by atoms with Gasteiger partial charge in [0.05, 0.1) is 5.69 Å². The van der Waals surface area contributed by atoms with E-state index in [2.05, 4.69) is 9.97 Å². The Morgan fingerprint density at radius 2 is 1.92 bits per heavy atom. The van der Waals surface area contributed by atoms with Gasteiger partial charge in [-0.3, -0.25) is 14.2 Å². The Labute approximate surface area is 133 Å². The van der Waals surface area contributed by atoms with Crippen LogP contribution in [0.15, 0.2) is 47.8 Å². The zero-order chi connectivity index (χ0) is 17.3. The first-order valence-electron chi connectivity index (χ1n) is 7.10. The van der Waals surface area contributed by atoms with Crippen LogP contribution in [0, 0.1) is 0 Å². The third-order valence-corrected chi connectivity index (χ3v) is 3.58. The zero-order valence-corrected chi connectivity index (χ0v) is 12.3. The van der Waals surface area contributed by atoms with Crippen LogP contribution < -0.4 is 5.56 Å². The number of aliphatic hydroxyl groups excluding tert-OH is 1. The van der Waals surface area contributed by atoms with Gasteiger partial charge in [0.15, 0.2) is 6.10 Å². The summed E-state index contributed by atoms with van der Waals surface area (Å²) in [7, 11) is 0. The van der Waals surface area contributed by atoms with Gasteiger partial charge in [-0.1, -0.05) is 0 Å². The first kappa shape index (κ1) is 16.2. The first-order chi connectivity index (χ1) is 11.4. The van der Waals surface area contributed by atoms with E-state index < -0.39 is 18.7 Å². The summed E-state index contributed by atoms with van der Waals surface area (Å²) < 4.78 is 39.9. The maximum Gasteiger partial charge on any atom is 0.414 e. The Kier molecular flexibility index (Phi) is 4.10. The normalized spacial score (nSPS) is 13.3. The highest BCUT2D eigenvalue weighted by molar-refractivity contribution is 5.59. The highest BCUT2D eigenvalue weighted by Gasteiger charge is 2.37. The van der Waals surface area contributed by atoms with Crippen LogP contribution in [0.2, 0.25) is 0 Å². The second-order valence-corrected chi connectivity index (χ2v) is 5.22. The molecule has 0 aliphatic rings. The third-order valence-electron chi connectivity index (χ3n) is 3.58. The molecule has 3 heterocycles. The van der Waals surface area contributed by atoms with Crippen molar-refractivity contribution in [3.05, 3.63) is 53.3 Å². The molecular weight excluding hydrogens is 325 g/mol. The second kappa shape index (κ2) is 6.08. The number of hydrogen-bond donors (Lipinski definition) is 1. The lowest BCUT2D eigenvalue weighted by atomic mass is 10.2. The van der Waals surface area contributed by atoms with Crippen LogP contribution in [0.25, 0.3) is 17.0 Å². The molecule has 0 amide bonds. The second-order valence-electron chi connectivity index (χ2n) is 5.22. The Balaban J connectivity index is 1.96. The molecule has 0 unspecified atom stereocenters. The van der Waals surface area contributed by atoms with Gasteiger partial charge < -0.3 is 9.67 Å². The van der Waals surface area contributed by atoms with E-state index in [4.69, 9.17) is 5.11 Å². The number of nitrogens with zero attached hydrogens (tertiary/aromatic N) is 4. The summed E-state index contributed by atoms with van der Waals surface area (Å²) in [6, 6.07) is 4.70. The van der Waals surface area contributed by atoms with Crippen LogP contribution in [-0.2, 0) is 6.54 Å². The number of aliphatic hydroxyl groups is 1.